The van der Waals surface area contributed by atoms with Gasteiger partial charge in [0, 0.05) is 0 Å². The number of hydrogen-bond acceptors (Lipinski definition) is 3. The van der Waals surface area contributed by atoms with E-state index in [1.165, 1.54) is 0 Å². The Hall–Kier alpha value is -0.120. The average molecular weight is 198 g/mol. The highest BCUT2D eigenvalue weighted by Crippen LogP contribution is 2.61. The Morgan fingerprint density at radius 1 is 1.07 bits per heavy atom. The van der Waals surface area contributed by atoms with E-state index in [0.717, 1.165) is 12.8 Å². The van der Waals surface area contributed by atoms with Gasteiger partial charge < -0.3 is 14.2 Å². The highest BCUT2D eigenvalue weighted by Gasteiger charge is 2.74. The van der Waals surface area contributed by atoms with Crippen LogP contribution in [-0.4, -0.2) is 29.2 Å². The van der Waals surface area contributed by atoms with Gasteiger partial charge in [0.15, 0.2) is 5.79 Å². The number of rotatable bonds is 0. The highest BCUT2D eigenvalue weighted by molar-refractivity contribution is 5.21. The third kappa shape index (κ3) is 0.930. The molecular formula is C11H18O3. The van der Waals surface area contributed by atoms with Crippen molar-refractivity contribution in [3.63, 3.8) is 0 Å². The number of ether oxygens (including phenoxy) is 3. The minimum absolute atomic E-state index is 0.0814. The van der Waals surface area contributed by atoms with Crippen molar-refractivity contribution in [1.82, 2.24) is 0 Å². The molecule has 2 heterocycles. The van der Waals surface area contributed by atoms with E-state index in [1.54, 1.807) is 0 Å². The van der Waals surface area contributed by atoms with Crippen LogP contribution in [0.2, 0.25) is 0 Å². The summed E-state index contributed by atoms with van der Waals surface area (Å²) in [5.41, 5.74) is -0.0870. The Kier molecular flexibility index (Phi) is 1.42. The van der Waals surface area contributed by atoms with Gasteiger partial charge in [0.2, 0.25) is 0 Å². The van der Waals surface area contributed by atoms with Crippen LogP contribution in [0.3, 0.4) is 0 Å². The smallest absolute Gasteiger partial charge is 0.164 e. The molecule has 0 N–H and O–H groups in total. The summed E-state index contributed by atoms with van der Waals surface area (Å²) in [7, 11) is 0. The summed E-state index contributed by atoms with van der Waals surface area (Å²) in [5.74, 6) is -0.448. The second kappa shape index (κ2) is 2.18. The Morgan fingerprint density at radius 3 is 2.14 bits per heavy atom. The van der Waals surface area contributed by atoms with Crippen LogP contribution in [0.25, 0.3) is 0 Å². The molecule has 3 fully saturated rings. The Balaban J connectivity index is 1.92. The second-order valence-corrected chi connectivity index (χ2v) is 5.53. The molecule has 14 heavy (non-hydrogen) atoms. The summed E-state index contributed by atoms with van der Waals surface area (Å²) in [6.45, 7) is 8.24. The fourth-order valence-corrected chi connectivity index (χ4v) is 3.23. The average Bonchev–Trinajstić information content (AvgIpc) is 2.56. The van der Waals surface area contributed by atoms with Crippen LogP contribution >= 0.6 is 0 Å². The normalized spacial score (nSPS) is 59.1. The van der Waals surface area contributed by atoms with Crippen molar-refractivity contribution in [3.8, 4) is 0 Å². The molecule has 3 heteroatoms. The molecule has 3 nitrogen and oxygen atoms in total. The van der Waals surface area contributed by atoms with Gasteiger partial charge in [0.25, 0.3) is 0 Å². The first-order valence-electron chi connectivity index (χ1n) is 5.44. The molecule has 3 aliphatic rings. The molecule has 0 aromatic heterocycles. The molecule has 1 spiro atoms. The third-order valence-electron chi connectivity index (χ3n) is 3.92. The molecule has 2 saturated heterocycles. The minimum atomic E-state index is -0.448. The first kappa shape index (κ1) is 9.13. The topological polar surface area (TPSA) is 31.0 Å². The van der Waals surface area contributed by atoms with Gasteiger partial charge in [-0.15, -0.1) is 0 Å². The molecule has 3 rings (SSSR count). The molecule has 0 bridgehead atoms. The van der Waals surface area contributed by atoms with Crippen molar-refractivity contribution in [3.05, 3.63) is 0 Å². The lowest BCUT2D eigenvalue weighted by atomic mass is 9.94. The molecular weight excluding hydrogens is 180 g/mol. The maximum atomic E-state index is 6.08. The lowest BCUT2D eigenvalue weighted by Crippen LogP contribution is -2.42. The molecule has 0 aromatic rings. The lowest BCUT2D eigenvalue weighted by Gasteiger charge is -2.27. The standard InChI is InChI=1S/C11H18O3/c1-7-11(14-9(2,3)12-7)6-5-10(4)8(11)13-10/h7-8H,5-6H2,1-4H3/t7-,8+,10+,11-/m1/s1. The molecule has 1 saturated carbocycles. The molecule has 2 aliphatic heterocycles. The maximum absolute atomic E-state index is 6.08. The molecule has 0 unspecified atom stereocenters. The summed E-state index contributed by atoms with van der Waals surface area (Å²) < 4.78 is 17.6. The van der Waals surface area contributed by atoms with Crippen molar-refractivity contribution in [2.45, 2.75) is 69.7 Å². The summed E-state index contributed by atoms with van der Waals surface area (Å²) >= 11 is 0. The lowest BCUT2D eigenvalue weighted by molar-refractivity contribution is -0.167. The van der Waals surface area contributed by atoms with E-state index in [2.05, 4.69) is 13.8 Å². The van der Waals surface area contributed by atoms with Crippen molar-refractivity contribution in [2.75, 3.05) is 0 Å². The van der Waals surface area contributed by atoms with Gasteiger partial charge in [0.05, 0.1) is 11.7 Å². The van der Waals surface area contributed by atoms with Gasteiger partial charge in [-0.2, -0.15) is 0 Å². The fraction of sp³-hybridized carbons (Fsp3) is 1.00. The van der Waals surface area contributed by atoms with Crippen LogP contribution in [0.15, 0.2) is 0 Å². The zero-order valence-electron chi connectivity index (χ0n) is 9.29. The maximum Gasteiger partial charge on any atom is 0.164 e. The predicted molar refractivity (Wildman–Crippen MR) is 51.0 cm³/mol. The van der Waals surface area contributed by atoms with E-state index in [1.807, 2.05) is 13.8 Å². The van der Waals surface area contributed by atoms with Crippen LogP contribution in [-0.2, 0) is 14.2 Å². The monoisotopic (exact) mass is 198 g/mol. The Labute approximate surface area is 84.7 Å². The van der Waals surface area contributed by atoms with Gasteiger partial charge in [-0.25, -0.2) is 0 Å². The highest BCUT2D eigenvalue weighted by atomic mass is 16.8. The van der Waals surface area contributed by atoms with Gasteiger partial charge in [-0.3, -0.25) is 0 Å². The summed E-state index contributed by atoms with van der Waals surface area (Å²) in [6.07, 6.45) is 2.57. The third-order valence-corrected chi connectivity index (χ3v) is 3.92. The van der Waals surface area contributed by atoms with Crippen molar-refractivity contribution in [1.29, 1.82) is 0 Å². The van der Waals surface area contributed by atoms with Gasteiger partial charge in [-0.05, 0) is 40.5 Å². The second-order valence-electron chi connectivity index (χ2n) is 5.53. The number of epoxide rings is 1. The van der Waals surface area contributed by atoms with Crippen LogP contribution < -0.4 is 0 Å². The largest absolute Gasteiger partial charge is 0.363 e. The summed E-state index contributed by atoms with van der Waals surface area (Å²) in [4.78, 5) is 0. The zero-order valence-corrected chi connectivity index (χ0v) is 9.29. The van der Waals surface area contributed by atoms with E-state index >= 15 is 0 Å². The van der Waals surface area contributed by atoms with Crippen LogP contribution in [0.5, 0.6) is 0 Å². The Morgan fingerprint density at radius 2 is 1.79 bits per heavy atom. The van der Waals surface area contributed by atoms with E-state index < -0.39 is 5.79 Å². The van der Waals surface area contributed by atoms with Gasteiger partial charge in [-0.1, -0.05) is 0 Å². The zero-order chi connectivity index (χ0) is 10.2. The van der Waals surface area contributed by atoms with Crippen LogP contribution in [0, 0.1) is 0 Å². The van der Waals surface area contributed by atoms with E-state index in [-0.39, 0.29) is 23.4 Å². The summed E-state index contributed by atoms with van der Waals surface area (Å²) in [5, 5.41) is 0. The van der Waals surface area contributed by atoms with Crippen molar-refractivity contribution >= 4 is 0 Å². The first-order chi connectivity index (χ1) is 6.38. The minimum Gasteiger partial charge on any atom is -0.363 e. The molecule has 4 atom stereocenters. The van der Waals surface area contributed by atoms with E-state index in [4.69, 9.17) is 14.2 Å². The SMILES string of the molecule is C[C@H]1OC(C)(C)O[C@]12CC[C@]1(C)O[C@H]21. The molecule has 1 aliphatic carbocycles. The molecule has 0 amide bonds. The van der Waals surface area contributed by atoms with E-state index in [0.29, 0.717) is 0 Å². The molecule has 0 aromatic carbocycles. The van der Waals surface area contributed by atoms with Crippen molar-refractivity contribution < 1.29 is 14.2 Å². The van der Waals surface area contributed by atoms with Gasteiger partial charge >= 0.3 is 0 Å². The number of hydrogen-bond donors (Lipinski definition) is 0. The predicted octanol–water partition coefficient (Wildman–Crippen LogP) is 1.85. The number of fused-ring (bicyclic) bond motifs is 2. The van der Waals surface area contributed by atoms with Gasteiger partial charge in [0.1, 0.15) is 11.7 Å². The van der Waals surface area contributed by atoms with Crippen LogP contribution in [0.4, 0.5) is 0 Å². The first-order valence-corrected chi connectivity index (χ1v) is 5.44. The molecule has 80 valence electrons. The van der Waals surface area contributed by atoms with E-state index in [9.17, 15) is 0 Å². The Bertz CT molecular complexity index is 288. The van der Waals surface area contributed by atoms with Crippen LogP contribution in [0.1, 0.15) is 40.5 Å². The van der Waals surface area contributed by atoms with Crippen molar-refractivity contribution in [2.24, 2.45) is 0 Å². The quantitative estimate of drug-likeness (QED) is 0.556. The fourth-order valence-electron chi connectivity index (χ4n) is 3.23. The molecule has 0 radical (unpaired) electrons. The summed E-state index contributed by atoms with van der Waals surface area (Å²) in [6, 6.07) is 0.